The lowest BCUT2D eigenvalue weighted by atomic mass is 9.76. The van der Waals surface area contributed by atoms with Gasteiger partial charge in [0.2, 0.25) is 5.70 Å². The first kappa shape index (κ1) is 22.0. The molecule has 2 aromatic carbocycles. The van der Waals surface area contributed by atoms with Gasteiger partial charge in [0.15, 0.2) is 0 Å². The molecule has 1 saturated carbocycles. The van der Waals surface area contributed by atoms with Gasteiger partial charge in [-0.3, -0.25) is 4.99 Å². The van der Waals surface area contributed by atoms with Crippen molar-refractivity contribution < 1.29 is 4.59 Å². The van der Waals surface area contributed by atoms with E-state index in [1.807, 2.05) is 30.6 Å². The first-order valence-corrected chi connectivity index (χ1v) is 12.5. The Morgan fingerprint density at radius 3 is 2.51 bits per heavy atom. The maximum absolute atomic E-state index is 7.00. The van der Waals surface area contributed by atoms with Gasteiger partial charge < -0.3 is 4.90 Å². The zero-order valence-corrected chi connectivity index (χ0v) is 20.3. The third-order valence-electron chi connectivity index (χ3n) is 7.67. The smallest absolute Gasteiger partial charge is 0.264 e. The van der Waals surface area contributed by atoms with E-state index in [0.29, 0.717) is 12.0 Å². The second-order valence-corrected chi connectivity index (χ2v) is 9.57. The zero-order chi connectivity index (χ0) is 24.0. The second kappa shape index (κ2) is 8.64. The van der Waals surface area contributed by atoms with Gasteiger partial charge in [0.05, 0.1) is 29.2 Å². The number of nitrogens with zero attached hydrogens (tertiary/aromatic N) is 5. The maximum Gasteiger partial charge on any atom is 0.264 e. The highest BCUT2D eigenvalue weighted by Crippen LogP contribution is 2.43. The number of aliphatic imine (C=N–C) groups is 2. The monoisotopic (exact) mass is 463 g/mol. The summed E-state index contributed by atoms with van der Waals surface area (Å²) in [6.45, 7) is 6.65. The molecule has 35 heavy (non-hydrogen) atoms. The van der Waals surface area contributed by atoms with E-state index in [4.69, 9.17) is 15.8 Å². The van der Waals surface area contributed by atoms with Crippen LogP contribution in [0.15, 0.2) is 94.4 Å². The summed E-state index contributed by atoms with van der Waals surface area (Å²) in [4.78, 5) is 17.1. The Balaban J connectivity index is 1.37. The molecular weight excluding hydrogens is 432 g/mol. The molecule has 3 heterocycles. The minimum Gasteiger partial charge on any atom is -0.301 e. The fraction of sp³-hybridized carbons (Fsp3) is 0.276. The Morgan fingerprint density at radius 2 is 1.74 bits per heavy atom. The molecule has 0 amide bonds. The summed E-state index contributed by atoms with van der Waals surface area (Å²) in [5, 5.41) is 1.10. The first-order chi connectivity index (χ1) is 17.1. The average Bonchev–Trinajstić information content (AvgIpc) is 3.18. The Kier molecular flexibility index (Phi) is 5.44. The number of amidine groups is 1. The van der Waals surface area contributed by atoms with Gasteiger partial charge in [-0.2, -0.15) is 10.8 Å². The van der Waals surface area contributed by atoms with Crippen molar-refractivity contribution in [3.8, 4) is 11.3 Å². The van der Waals surface area contributed by atoms with Crippen LogP contribution < -0.4 is 5.84 Å². The van der Waals surface area contributed by atoms with Crippen molar-refractivity contribution in [1.29, 1.82) is 0 Å². The van der Waals surface area contributed by atoms with Crippen molar-refractivity contribution in [2.24, 2.45) is 21.7 Å². The van der Waals surface area contributed by atoms with E-state index in [2.05, 4.69) is 66.2 Å². The Bertz CT molecular complexity index is 1390. The molecule has 6 nitrogen and oxygen atoms in total. The van der Waals surface area contributed by atoms with Crippen LogP contribution in [0.2, 0.25) is 0 Å². The van der Waals surface area contributed by atoms with Crippen LogP contribution in [0.25, 0.3) is 22.2 Å². The number of allylic oxidation sites excluding steroid dienone is 2. The first-order valence-electron chi connectivity index (χ1n) is 12.5. The summed E-state index contributed by atoms with van der Waals surface area (Å²) < 4.78 is 0.0646. The normalized spacial score (nSPS) is 25.2. The third-order valence-corrected chi connectivity index (χ3v) is 7.67. The van der Waals surface area contributed by atoms with Crippen molar-refractivity contribution >= 4 is 23.0 Å². The molecule has 176 valence electrons. The van der Waals surface area contributed by atoms with Crippen molar-refractivity contribution in [1.82, 2.24) is 9.88 Å². The van der Waals surface area contributed by atoms with E-state index in [-0.39, 0.29) is 4.59 Å². The van der Waals surface area contributed by atoms with E-state index >= 15 is 0 Å². The van der Waals surface area contributed by atoms with Crippen LogP contribution in [0.5, 0.6) is 0 Å². The predicted octanol–water partition coefficient (Wildman–Crippen LogP) is 5.24. The molecule has 2 aliphatic heterocycles. The zero-order valence-electron chi connectivity index (χ0n) is 20.3. The molecule has 0 bridgehead atoms. The highest BCUT2D eigenvalue weighted by Gasteiger charge is 2.48. The van der Waals surface area contributed by atoms with Crippen LogP contribution in [0, 0.1) is 5.92 Å². The lowest BCUT2D eigenvalue weighted by molar-refractivity contribution is -0.750. The minimum absolute atomic E-state index is 0.0646. The fourth-order valence-corrected chi connectivity index (χ4v) is 5.58. The second-order valence-electron chi connectivity index (χ2n) is 9.57. The number of aromatic nitrogens is 1. The fourth-order valence-electron chi connectivity index (χ4n) is 5.58. The number of benzene rings is 2. The number of hydrogen-bond donors (Lipinski definition) is 1. The van der Waals surface area contributed by atoms with Crippen LogP contribution in [-0.2, 0) is 0 Å². The van der Waals surface area contributed by atoms with Crippen molar-refractivity contribution in [3.63, 3.8) is 0 Å². The molecule has 1 unspecified atom stereocenters. The van der Waals surface area contributed by atoms with Gasteiger partial charge in [-0.25, -0.2) is 4.98 Å². The molecule has 1 fully saturated rings. The van der Waals surface area contributed by atoms with Crippen LogP contribution in [0.4, 0.5) is 0 Å². The molecule has 2 N–H and O–H groups in total. The standard InChI is InChI=1S/C29H31N6/c1-3-34(4-2)24-16-23(17-24)28-27-19-31-14-15-35(27,30)29(33-28)22-11-10-21-12-13-25(32-26(21)18-22)20-8-6-5-7-9-20/h5-15,18-19,23-24H,3-4,16-17,30H2,1-2H3/q+1. The molecule has 6 rings (SSSR count). The maximum atomic E-state index is 7.00. The lowest BCUT2D eigenvalue weighted by Gasteiger charge is -2.42. The van der Waals surface area contributed by atoms with E-state index in [1.165, 1.54) is 0 Å². The molecule has 1 aliphatic carbocycles. The number of nitrogens with two attached hydrogens (primary N) is 1. The van der Waals surface area contributed by atoms with E-state index in [1.54, 1.807) is 6.20 Å². The average molecular weight is 464 g/mol. The van der Waals surface area contributed by atoms with Crippen LogP contribution in [0.1, 0.15) is 32.3 Å². The molecule has 1 atom stereocenters. The van der Waals surface area contributed by atoms with Crippen LogP contribution in [-0.4, -0.2) is 45.7 Å². The van der Waals surface area contributed by atoms with Crippen molar-refractivity contribution in [2.75, 3.05) is 13.1 Å². The summed E-state index contributed by atoms with van der Waals surface area (Å²) in [6, 6.07) is 21.4. The summed E-state index contributed by atoms with van der Waals surface area (Å²) >= 11 is 0. The summed E-state index contributed by atoms with van der Waals surface area (Å²) in [5.41, 5.74) is 6.07. The van der Waals surface area contributed by atoms with E-state index in [9.17, 15) is 0 Å². The molecule has 0 saturated heterocycles. The highest BCUT2D eigenvalue weighted by atomic mass is 15.6. The largest absolute Gasteiger partial charge is 0.301 e. The van der Waals surface area contributed by atoms with Gasteiger partial charge in [0, 0.05) is 22.9 Å². The summed E-state index contributed by atoms with van der Waals surface area (Å²) in [7, 11) is 0. The van der Waals surface area contributed by atoms with Gasteiger partial charge in [-0.1, -0.05) is 56.3 Å². The SMILES string of the molecule is CCN(CC)C1CC(C2=C3C=NC=C[N+]3(N)C(c3ccc4ccc(-c5ccccc5)nc4c3)=N2)C1. The predicted molar refractivity (Wildman–Crippen MR) is 142 cm³/mol. The van der Waals surface area contributed by atoms with Gasteiger partial charge in [-0.05, 0) is 44.1 Å². The molecule has 3 aliphatic rings. The van der Waals surface area contributed by atoms with E-state index < -0.39 is 0 Å². The van der Waals surface area contributed by atoms with Gasteiger partial charge in [0.25, 0.3) is 5.84 Å². The number of fused-ring (bicyclic) bond motifs is 2. The van der Waals surface area contributed by atoms with Crippen LogP contribution >= 0.6 is 0 Å². The van der Waals surface area contributed by atoms with E-state index in [0.717, 1.165) is 70.9 Å². The van der Waals surface area contributed by atoms with Crippen molar-refractivity contribution in [3.05, 3.63) is 90.0 Å². The Labute approximate surface area is 206 Å². The highest BCUT2D eigenvalue weighted by molar-refractivity contribution is 6.02. The van der Waals surface area contributed by atoms with Gasteiger partial charge in [0.1, 0.15) is 11.9 Å². The van der Waals surface area contributed by atoms with Crippen LogP contribution in [0.3, 0.4) is 0 Å². The summed E-state index contributed by atoms with van der Waals surface area (Å²) in [5.74, 6) is 8.24. The van der Waals surface area contributed by atoms with Gasteiger partial charge >= 0.3 is 0 Å². The summed E-state index contributed by atoms with van der Waals surface area (Å²) in [6.07, 6.45) is 7.83. The number of pyridine rings is 1. The molecule has 0 spiro atoms. The minimum atomic E-state index is 0.0646. The number of hydrogen-bond acceptors (Lipinski definition) is 5. The Hall–Kier alpha value is -3.45. The Morgan fingerprint density at radius 1 is 0.971 bits per heavy atom. The van der Waals surface area contributed by atoms with Crippen molar-refractivity contribution in [2.45, 2.75) is 32.7 Å². The third kappa shape index (κ3) is 3.65. The topological polar surface area (TPSA) is 66.9 Å². The number of quaternary nitrogens is 1. The molecule has 6 heteroatoms. The quantitative estimate of drug-likeness (QED) is 0.402. The molecule has 0 radical (unpaired) electrons. The molecule has 3 aromatic rings. The molecule has 1 aromatic heterocycles. The number of rotatable bonds is 6. The lowest BCUT2D eigenvalue weighted by Crippen LogP contribution is -2.53. The molecular formula is C29H31N6+. The van der Waals surface area contributed by atoms with Gasteiger partial charge in [-0.15, -0.1) is 4.59 Å².